The Labute approximate surface area is 95.6 Å². The van der Waals surface area contributed by atoms with Crippen molar-refractivity contribution in [1.82, 2.24) is 10.3 Å². The quantitative estimate of drug-likeness (QED) is 0.749. The molecule has 0 spiro atoms. The summed E-state index contributed by atoms with van der Waals surface area (Å²) in [4.78, 5) is 6.58. The number of anilines is 1. The maximum absolute atomic E-state index is 5.77. The molecule has 1 aromatic heterocycles. The fourth-order valence-corrected chi connectivity index (χ4v) is 2.58. The van der Waals surface area contributed by atoms with Gasteiger partial charge in [-0.1, -0.05) is 0 Å². The van der Waals surface area contributed by atoms with E-state index in [2.05, 4.69) is 28.2 Å². The van der Waals surface area contributed by atoms with Gasteiger partial charge in [0, 0.05) is 25.8 Å². The average Bonchev–Trinajstić information content (AvgIpc) is 2.73. The SMILES string of the molecule is Cc1ccncc1N1CC2NCCOC2C1. The van der Waals surface area contributed by atoms with Crippen molar-refractivity contribution in [3.05, 3.63) is 24.0 Å². The van der Waals surface area contributed by atoms with Crippen LogP contribution in [0.1, 0.15) is 5.56 Å². The summed E-state index contributed by atoms with van der Waals surface area (Å²) in [6.07, 6.45) is 4.14. The Morgan fingerprint density at radius 1 is 1.50 bits per heavy atom. The molecule has 0 aliphatic carbocycles. The topological polar surface area (TPSA) is 37.4 Å². The average molecular weight is 219 g/mol. The largest absolute Gasteiger partial charge is 0.373 e. The Hall–Kier alpha value is -1.13. The van der Waals surface area contributed by atoms with Crippen LogP contribution in [-0.4, -0.2) is 43.4 Å². The van der Waals surface area contributed by atoms with Crippen LogP contribution in [0.5, 0.6) is 0 Å². The second-order valence-electron chi connectivity index (χ2n) is 4.54. The van der Waals surface area contributed by atoms with Crippen LogP contribution >= 0.6 is 0 Å². The Kier molecular flexibility index (Phi) is 2.53. The van der Waals surface area contributed by atoms with E-state index in [1.54, 1.807) is 0 Å². The highest BCUT2D eigenvalue weighted by atomic mass is 16.5. The summed E-state index contributed by atoms with van der Waals surface area (Å²) in [5, 5.41) is 3.51. The van der Waals surface area contributed by atoms with E-state index in [0.717, 1.165) is 26.2 Å². The Morgan fingerprint density at radius 2 is 2.44 bits per heavy atom. The van der Waals surface area contributed by atoms with Crippen molar-refractivity contribution in [2.45, 2.75) is 19.1 Å². The Balaban J connectivity index is 1.80. The lowest BCUT2D eigenvalue weighted by atomic mass is 10.2. The molecule has 86 valence electrons. The zero-order valence-corrected chi connectivity index (χ0v) is 9.52. The number of nitrogens with zero attached hydrogens (tertiary/aromatic N) is 2. The molecule has 0 aromatic carbocycles. The van der Waals surface area contributed by atoms with Crippen LogP contribution in [-0.2, 0) is 4.74 Å². The molecule has 2 saturated heterocycles. The first-order valence-corrected chi connectivity index (χ1v) is 5.85. The number of ether oxygens (including phenoxy) is 1. The van der Waals surface area contributed by atoms with Gasteiger partial charge in [0.05, 0.1) is 30.6 Å². The number of rotatable bonds is 1. The molecule has 3 rings (SSSR count). The van der Waals surface area contributed by atoms with Crippen molar-refractivity contribution in [3.8, 4) is 0 Å². The minimum Gasteiger partial charge on any atom is -0.373 e. The minimum atomic E-state index is 0.341. The van der Waals surface area contributed by atoms with Crippen molar-refractivity contribution in [2.24, 2.45) is 0 Å². The van der Waals surface area contributed by atoms with Crippen molar-refractivity contribution < 1.29 is 4.74 Å². The van der Waals surface area contributed by atoms with Gasteiger partial charge in [-0.2, -0.15) is 0 Å². The first kappa shape index (κ1) is 10.1. The molecule has 0 radical (unpaired) electrons. The molecular weight excluding hydrogens is 202 g/mol. The first-order valence-electron chi connectivity index (χ1n) is 5.85. The maximum atomic E-state index is 5.77. The second-order valence-corrected chi connectivity index (χ2v) is 4.54. The van der Waals surface area contributed by atoms with E-state index < -0.39 is 0 Å². The summed E-state index contributed by atoms with van der Waals surface area (Å²) in [7, 11) is 0. The molecule has 0 amide bonds. The lowest BCUT2D eigenvalue weighted by Gasteiger charge is -2.25. The van der Waals surface area contributed by atoms with E-state index in [-0.39, 0.29) is 0 Å². The number of hydrogen-bond acceptors (Lipinski definition) is 4. The van der Waals surface area contributed by atoms with Crippen molar-refractivity contribution in [3.63, 3.8) is 0 Å². The van der Waals surface area contributed by atoms with Crippen LogP contribution in [0.4, 0.5) is 5.69 Å². The molecular formula is C12H17N3O. The van der Waals surface area contributed by atoms with Crippen LogP contribution in [0.2, 0.25) is 0 Å². The smallest absolute Gasteiger partial charge is 0.0920 e. The molecule has 2 fully saturated rings. The highest BCUT2D eigenvalue weighted by Crippen LogP contribution is 2.25. The molecule has 2 aliphatic rings. The Bertz CT molecular complexity index is 368. The van der Waals surface area contributed by atoms with Gasteiger partial charge in [-0.25, -0.2) is 0 Å². The third-order valence-corrected chi connectivity index (χ3v) is 3.46. The van der Waals surface area contributed by atoms with Crippen LogP contribution in [0.3, 0.4) is 0 Å². The van der Waals surface area contributed by atoms with Crippen molar-refractivity contribution in [2.75, 3.05) is 31.1 Å². The first-order chi connectivity index (χ1) is 7.84. The normalized spacial score (nSPS) is 29.2. The molecule has 0 saturated carbocycles. The van der Waals surface area contributed by atoms with Gasteiger partial charge < -0.3 is 15.0 Å². The summed E-state index contributed by atoms with van der Waals surface area (Å²) < 4.78 is 5.77. The number of pyridine rings is 1. The van der Waals surface area contributed by atoms with Crippen molar-refractivity contribution >= 4 is 5.69 Å². The summed E-state index contributed by atoms with van der Waals surface area (Å²) in [5.41, 5.74) is 2.52. The number of hydrogen-bond donors (Lipinski definition) is 1. The number of nitrogens with one attached hydrogen (secondary N) is 1. The number of fused-ring (bicyclic) bond motifs is 1. The van der Waals surface area contributed by atoms with Gasteiger partial charge in [0.1, 0.15) is 0 Å². The van der Waals surface area contributed by atoms with E-state index >= 15 is 0 Å². The summed E-state index contributed by atoms with van der Waals surface area (Å²) in [5.74, 6) is 0. The Morgan fingerprint density at radius 3 is 3.25 bits per heavy atom. The fraction of sp³-hybridized carbons (Fsp3) is 0.583. The lowest BCUT2D eigenvalue weighted by molar-refractivity contribution is 0.0212. The molecule has 4 heteroatoms. The summed E-state index contributed by atoms with van der Waals surface area (Å²) >= 11 is 0. The van der Waals surface area contributed by atoms with Gasteiger partial charge in [0.2, 0.25) is 0 Å². The fourth-order valence-electron chi connectivity index (χ4n) is 2.58. The molecule has 2 atom stereocenters. The van der Waals surface area contributed by atoms with Gasteiger partial charge in [-0.15, -0.1) is 0 Å². The molecule has 2 unspecified atom stereocenters. The third-order valence-electron chi connectivity index (χ3n) is 3.46. The van der Waals surface area contributed by atoms with Gasteiger partial charge in [-0.3, -0.25) is 4.98 Å². The van der Waals surface area contributed by atoms with E-state index in [0.29, 0.717) is 12.1 Å². The van der Waals surface area contributed by atoms with E-state index in [1.807, 2.05) is 12.4 Å². The molecule has 1 N–H and O–H groups in total. The summed E-state index contributed by atoms with van der Waals surface area (Å²) in [6.45, 7) is 5.94. The molecule has 1 aromatic rings. The molecule has 3 heterocycles. The van der Waals surface area contributed by atoms with E-state index in [9.17, 15) is 0 Å². The third kappa shape index (κ3) is 1.68. The van der Waals surface area contributed by atoms with Crippen LogP contribution < -0.4 is 10.2 Å². The number of morpholine rings is 1. The standard InChI is InChI=1S/C12H17N3O/c1-9-2-3-13-6-11(9)15-7-10-12(8-15)16-5-4-14-10/h2-3,6,10,12,14H,4-5,7-8H2,1H3. The monoisotopic (exact) mass is 219 g/mol. The number of aryl methyl sites for hydroxylation is 1. The minimum absolute atomic E-state index is 0.341. The lowest BCUT2D eigenvalue weighted by Crippen LogP contribution is -2.47. The van der Waals surface area contributed by atoms with E-state index in [4.69, 9.17) is 4.74 Å². The van der Waals surface area contributed by atoms with Crippen LogP contribution in [0, 0.1) is 6.92 Å². The van der Waals surface area contributed by atoms with Gasteiger partial charge in [0.25, 0.3) is 0 Å². The molecule has 16 heavy (non-hydrogen) atoms. The zero-order valence-electron chi connectivity index (χ0n) is 9.52. The summed E-state index contributed by atoms with van der Waals surface area (Å²) in [6, 6.07) is 2.54. The predicted octanol–water partition coefficient (Wildman–Crippen LogP) is 0.567. The number of aromatic nitrogens is 1. The maximum Gasteiger partial charge on any atom is 0.0920 e. The molecule has 2 aliphatic heterocycles. The van der Waals surface area contributed by atoms with Gasteiger partial charge >= 0.3 is 0 Å². The van der Waals surface area contributed by atoms with Crippen molar-refractivity contribution in [1.29, 1.82) is 0 Å². The molecule has 0 bridgehead atoms. The van der Waals surface area contributed by atoms with E-state index in [1.165, 1.54) is 11.3 Å². The predicted molar refractivity (Wildman–Crippen MR) is 62.7 cm³/mol. The van der Waals surface area contributed by atoms with Crippen LogP contribution in [0.25, 0.3) is 0 Å². The second kappa shape index (κ2) is 4.03. The molecule has 4 nitrogen and oxygen atoms in total. The highest BCUT2D eigenvalue weighted by Gasteiger charge is 2.35. The van der Waals surface area contributed by atoms with Crippen LogP contribution in [0.15, 0.2) is 18.5 Å². The highest BCUT2D eigenvalue weighted by molar-refractivity contribution is 5.52. The van der Waals surface area contributed by atoms with Gasteiger partial charge in [-0.05, 0) is 18.6 Å². The van der Waals surface area contributed by atoms with Gasteiger partial charge in [0.15, 0.2) is 0 Å². The zero-order chi connectivity index (χ0) is 11.0.